The number of pyridine rings is 1. The maximum atomic E-state index is 15.6. The van der Waals surface area contributed by atoms with E-state index in [2.05, 4.69) is 15.1 Å². The topological polar surface area (TPSA) is 156 Å². The van der Waals surface area contributed by atoms with Gasteiger partial charge in [0.2, 0.25) is 5.91 Å². The number of carbonyl (C=O) groups is 2. The first kappa shape index (κ1) is 32.2. The van der Waals surface area contributed by atoms with Crippen LogP contribution in [0.2, 0.25) is 0 Å². The molecule has 2 saturated carbocycles. The maximum absolute atomic E-state index is 15.6. The van der Waals surface area contributed by atoms with Crippen LogP contribution in [0.1, 0.15) is 91.2 Å². The molecule has 0 radical (unpaired) electrons. The number of alkyl halides is 3. The molecule has 3 aliphatic rings. The molecule has 14 heteroatoms. The lowest BCUT2D eigenvalue weighted by atomic mass is 9.89. The van der Waals surface area contributed by atoms with Gasteiger partial charge in [0, 0.05) is 47.2 Å². The molecular formula is C33H34F4N8O2. The number of rotatable bonds is 8. The van der Waals surface area contributed by atoms with E-state index in [1.807, 2.05) is 17.9 Å². The molecular weight excluding hydrogens is 616 g/mol. The predicted octanol–water partition coefficient (Wildman–Crippen LogP) is 5.06. The molecule has 2 atom stereocenters. The number of carbonyl (C=O) groups excluding carboxylic acids is 2. The third kappa shape index (κ3) is 6.43. The smallest absolute Gasteiger partial charge is 0.383 e. The molecule has 3 heterocycles. The van der Waals surface area contributed by atoms with Crippen molar-refractivity contribution in [3.8, 4) is 17.2 Å². The zero-order valence-corrected chi connectivity index (χ0v) is 25.9. The molecule has 2 amide bonds. The van der Waals surface area contributed by atoms with E-state index in [1.165, 1.54) is 16.8 Å². The molecule has 0 bridgehead atoms. The number of hydrogen-bond donors (Lipinski definition) is 2. The Morgan fingerprint density at radius 2 is 1.77 bits per heavy atom. The van der Waals surface area contributed by atoms with Crippen molar-refractivity contribution in [1.29, 1.82) is 5.26 Å². The monoisotopic (exact) mass is 650 g/mol. The zero-order chi connectivity index (χ0) is 33.8. The number of hydrogen-bond acceptors (Lipinski definition) is 6. The number of piperidine rings is 1. The molecule has 6 rings (SSSR count). The number of anilines is 1. The van der Waals surface area contributed by atoms with Gasteiger partial charge >= 0.3 is 6.18 Å². The number of halogens is 4. The van der Waals surface area contributed by atoms with Gasteiger partial charge in [0.25, 0.3) is 5.91 Å². The number of aliphatic imine (C=N–C) groups is 1. The summed E-state index contributed by atoms with van der Waals surface area (Å²) in [5.41, 5.74) is 14.0. The molecule has 1 aliphatic heterocycles. The molecule has 1 saturated heterocycles. The highest BCUT2D eigenvalue weighted by atomic mass is 19.4. The normalized spacial score (nSPS) is 20.3. The third-order valence-electron chi connectivity index (χ3n) is 9.19. The zero-order valence-electron chi connectivity index (χ0n) is 25.9. The molecule has 2 unspecified atom stereocenters. The average Bonchev–Trinajstić information content (AvgIpc) is 3.94. The van der Waals surface area contributed by atoms with Crippen LogP contribution >= 0.6 is 0 Å². The molecule has 47 heavy (non-hydrogen) atoms. The summed E-state index contributed by atoms with van der Waals surface area (Å²) >= 11 is 0. The summed E-state index contributed by atoms with van der Waals surface area (Å²) in [5.74, 6) is -2.42. The number of amidine groups is 1. The molecule has 4 N–H and O–H groups in total. The SMILES string of the molecule is Cc1c(-c2cc(F)c(C#N)c(N3CCC(C(=O)N=C(N)c4ccc(C(F)(F)F)nc4C4CC4)CC3C)c2)c(C2CC2)nn1CC(N)=O. The highest BCUT2D eigenvalue weighted by molar-refractivity contribution is 6.05. The van der Waals surface area contributed by atoms with Gasteiger partial charge in [-0.1, -0.05) is 0 Å². The van der Waals surface area contributed by atoms with E-state index in [0.29, 0.717) is 54.7 Å². The minimum absolute atomic E-state index is 0.111. The minimum atomic E-state index is -4.60. The first-order chi connectivity index (χ1) is 22.3. The molecule has 2 aliphatic carbocycles. The Morgan fingerprint density at radius 3 is 2.36 bits per heavy atom. The highest BCUT2D eigenvalue weighted by Gasteiger charge is 2.38. The van der Waals surface area contributed by atoms with E-state index in [9.17, 15) is 28.0 Å². The van der Waals surface area contributed by atoms with E-state index >= 15 is 4.39 Å². The summed E-state index contributed by atoms with van der Waals surface area (Å²) in [6.07, 6.45) is -0.726. The predicted molar refractivity (Wildman–Crippen MR) is 165 cm³/mol. The van der Waals surface area contributed by atoms with Gasteiger partial charge in [0.15, 0.2) is 0 Å². The quantitative estimate of drug-likeness (QED) is 0.196. The fourth-order valence-corrected chi connectivity index (χ4v) is 6.49. The van der Waals surface area contributed by atoms with E-state index in [4.69, 9.17) is 11.5 Å². The lowest BCUT2D eigenvalue weighted by Gasteiger charge is -2.39. The lowest BCUT2D eigenvalue weighted by molar-refractivity contribution is -0.141. The number of aromatic nitrogens is 3. The molecule has 3 fully saturated rings. The Labute approximate surface area is 268 Å². The molecule has 3 aromatic rings. The highest BCUT2D eigenvalue weighted by Crippen LogP contribution is 2.46. The van der Waals surface area contributed by atoms with Gasteiger partial charge in [-0.25, -0.2) is 9.37 Å². The van der Waals surface area contributed by atoms with Gasteiger partial charge in [0.1, 0.15) is 35.5 Å². The Balaban J connectivity index is 1.25. The van der Waals surface area contributed by atoms with Gasteiger partial charge in [-0.3, -0.25) is 14.3 Å². The number of amides is 2. The first-order valence-electron chi connectivity index (χ1n) is 15.6. The molecule has 10 nitrogen and oxygen atoms in total. The van der Waals surface area contributed by atoms with E-state index < -0.39 is 35.4 Å². The Hall–Kier alpha value is -4.80. The Morgan fingerprint density at radius 1 is 1.09 bits per heavy atom. The van der Waals surface area contributed by atoms with Crippen molar-refractivity contribution in [3.05, 3.63) is 64.0 Å². The van der Waals surface area contributed by atoms with Gasteiger partial charge < -0.3 is 16.4 Å². The fraction of sp³-hybridized carbons (Fsp3) is 0.455. The number of primary amides is 1. The molecule has 1 aromatic carbocycles. The Bertz CT molecular complexity index is 1830. The fourth-order valence-electron chi connectivity index (χ4n) is 6.49. The van der Waals surface area contributed by atoms with E-state index in [0.717, 1.165) is 24.6 Å². The summed E-state index contributed by atoms with van der Waals surface area (Å²) in [7, 11) is 0. The summed E-state index contributed by atoms with van der Waals surface area (Å²) in [4.78, 5) is 34.8. The van der Waals surface area contributed by atoms with Crippen LogP contribution < -0.4 is 16.4 Å². The van der Waals surface area contributed by atoms with Crippen LogP contribution in [0, 0.1) is 30.0 Å². The maximum Gasteiger partial charge on any atom is 0.433 e. The van der Waals surface area contributed by atoms with Crippen molar-refractivity contribution in [1.82, 2.24) is 14.8 Å². The second-order valence-electron chi connectivity index (χ2n) is 12.7. The van der Waals surface area contributed by atoms with Crippen LogP contribution in [0.3, 0.4) is 0 Å². The van der Waals surface area contributed by atoms with Gasteiger partial charge in [-0.15, -0.1) is 0 Å². The van der Waals surface area contributed by atoms with Crippen LogP contribution in [0.4, 0.5) is 23.2 Å². The van der Waals surface area contributed by atoms with Gasteiger partial charge in [-0.2, -0.15) is 28.5 Å². The summed E-state index contributed by atoms with van der Waals surface area (Å²) in [6.45, 7) is 3.87. The van der Waals surface area contributed by atoms with Crippen molar-refractivity contribution in [2.45, 2.75) is 83.0 Å². The standard InChI is InChI=1S/C33H34F4N8O2/c1-16-11-20(32(47)42-31(40)22-7-8-26(33(35,36)37)41-29(22)18-3-4-18)9-10-44(16)25-13-21(12-24(34)23(25)14-38)28-17(2)45(15-27(39)46)43-30(28)19-5-6-19/h7-8,12-13,16,18-20H,3-6,9-11,15H2,1-2H3,(H2,39,46)(H2,40,42,47). The first-order valence-corrected chi connectivity index (χ1v) is 15.6. The molecule has 0 spiro atoms. The average molecular weight is 651 g/mol. The molecule has 2 aromatic heterocycles. The van der Waals surface area contributed by atoms with Crippen LogP contribution in [-0.4, -0.2) is 45.0 Å². The van der Waals surface area contributed by atoms with Crippen molar-refractivity contribution in [2.24, 2.45) is 22.4 Å². The largest absolute Gasteiger partial charge is 0.433 e. The van der Waals surface area contributed by atoms with Crippen molar-refractivity contribution in [2.75, 3.05) is 11.4 Å². The second-order valence-corrected chi connectivity index (χ2v) is 12.7. The van der Waals surface area contributed by atoms with E-state index in [-0.39, 0.29) is 47.1 Å². The summed E-state index contributed by atoms with van der Waals surface area (Å²) < 4.78 is 56.9. The third-order valence-corrected chi connectivity index (χ3v) is 9.19. The van der Waals surface area contributed by atoms with Crippen LogP contribution in [0.5, 0.6) is 0 Å². The Kier molecular flexibility index (Phi) is 8.27. The molecule has 246 valence electrons. The van der Waals surface area contributed by atoms with Crippen LogP contribution in [-0.2, 0) is 22.3 Å². The number of nitriles is 1. The number of nitrogens with two attached hydrogens (primary N) is 2. The van der Waals surface area contributed by atoms with Crippen LogP contribution in [0.25, 0.3) is 11.1 Å². The summed E-state index contributed by atoms with van der Waals surface area (Å²) in [6, 6.07) is 6.83. The minimum Gasteiger partial charge on any atom is -0.383 e. The van der Waals surface area contributed by atoms with E-state index in [1.54, 1.807) is 13.0 Å². The summed E-state index contributed by atoms with van der Waals surface area (Å²) in [5, 5.41) is 14.6. The van der Waals surface area contributed by atoms with Crippen molar-refractivity contribution < 1.29 is 27.2 Å². The van der Waals surface area contributed by atoms with Gasteiger partial charge in [-0.05, 0) is 82.2 Å². The van der Waals surface area contributed by atoms with Gasteiger partial charge in [0.05, 0.1) is 17.1 Å². The lowest BCUT2D eigenvalue weighted by Crippen LogP contribution is -2.43. The van der Waals surface area contributed by atoms with Crippen molar-refractivity contribution in [3.63, 3.8) is 0 Å². The second kappa shape index (κ2) is 12.1. The number of benzene rings is 1. The van der Waals surface area contributed by atoms with Crippen molar-refractivity contribution >= 4 is 23.3 Å². The van der Waals surface area contributed by atoms with Crippen LogP contribution in [0.15, 0.2) is 29.3 Å². The number of nitrogens with zero attached hydrogens (tertiary/aromatic N) is 6.